The Bertz CT molecular complexity index is 1060. The van der Waals surface area contributed by atoms with Gasteiger partial charge in [0.1, 0.15) is 12.2 Å². The van der Waals surface area contributed by atoms with Crippen LogP contribution in [0.5, 0.6) is 5.75 Å². The zero-order valence-corrected chi connectivity index (χ0v) is 14.8. The Morgan fingerprint density at radius 1 is 1.00 bits per heavy atom. The number of fused-ring (bicyclic) bond motifs is 1. The molecule has 3 aromatic rings. The quantitative estimate of drug-likeness (QED) is 0.348. The van der Waals surface area contributed by atoms with Crippen LogP contribution in [0, 0.1) is 30.2 Å². The van der Waals surface area contributed by atoms with Gasteiger partial charge in [-0.3, -0.25) is 0 Å². The molecule has 0 bridgehead atoms. The van der Waals surface area contributed by atoms with Crippen molar-refractivity contribution in [2.45, 2.75) is 33.3 Å². The van der Waals surface area contributed by atoms with E-state index in [0.717, 1.165) is 17.2 Å². The molecule has 0 unspecified atom stereocenters. The number of hydrogen-bond donors (Lipinski definition) is 0. The fourth-order valence-electron chi connectivity index (χ4n) is 2.96. The summed E-state index contributed by atoms with van der Waals surface area (Å²) < 4.78 is 64.4. The van der Waals surface area contributed by atoms with Crippen molar-refractivity contribution >= 4 is 11.0 Å². The van der Waals surface area contributed by atoms with Gasteiger partial charge in [-0.1, -0.05) is 13.8 Å². The fraction of sp³-hybridized carbons (Fsp3) is 0.250. The van der Waals surface area contributed by atoms with Crippen molar-refractivity contribution in [3.63, 3.8) is 0 Å². The molecule has 0 aliphatic heterocycles. The van der Waals surface area contributed by atoms with E-state index in [0.29, 0.717) is 5.39 Å². The third-order valence-corrected chi connectivity index (χ3v) is 4.28. The van der Waals surface area contributed by atoms with E-state index in [4.69, 9.17) is 9.15 Å². The molecule has 0 N–H and O–H groups in total. The molecule has 3 rings (SSSR count). The first-order valence-electron chi connectivity index (χ1n) is 8.22. The first kappa shape index (κ1) is 18.9. The zero-order valence-electron chi connectivity index (χ0n) is 14.8. The molecule has 0 aliphatic carbocycles. The second kappa shape index (κ2) is 7.06. The molecule has 1 heterocycles. The molecule has 3 nitrogen and oxygen atoms in total. The molecule has 0 saturated heterocycles. The Kier molecular flexibility index (Phi) is 4.95. The normalized spacial score (nSPS) is 11.4. The zero-order chi connectivity index (χ0) is 19.9. The second-order valence-electron chi connectivity index (χ2n) is 6.54. The summed E-state index contributed by atoms with van der Waals surface area (Å²) in [7, 11) is 0. The summed E-state index contributed by atoms with van der Waals surface area (Å²) in [6.45, 7) is 5.38. The van der Waals surface area contributed by atoms with Crippen LogP contribution in [0.4, 0.5) is 17.6 Å². The molecular weight excluding hydrogens is 364 g/mol. The van der Waals surface area contributed by atoms with Gasteiger partial charge >= 0.3 is 5.63 Å². The standard InChI is InChI=1S/C20H16F4O3/c1-9(2)12-6-13-11(5-17(25)27-16(13)4-10(12)3)8-26-20-18(23)14(21)7-15(22)19(20)24/h4-7,9H,8H2,1-3H3. The summed E-state index contributed by atoms with van der Waals surface area (Å²) in [6.07, 6.45) is 0. The van der Waals surface area contributed by atoms with E-state index in [-0.39, 0.29) is 23.1 Å². The minimum Gasteiger partial charge on any atom is -0.483 e. The minimum absolute atomic E-state index is 0.0990. The number of hydrogen-bond acceptors (Lipinski definition) is 3. The van der Waals surface area contributed by atoms with Gasteiger partial charge in [0, 0.05) is 23.1 Å². The van der Waals surface area contributed by atoms with E-state index in [1.165, 1.54) is 0 Å². The molecule has 7 heteroatoms. The summed E-state index contributed by atoms with van der Waals surface area (Å²) in [5.74, 6) is -7.41. The number of aryl methyl sites for hydroxylation is 1. The van der Waals surface area contributed by atoms with Crippen LogP contribution in [0.3, 0.4) is 0 Å². The first-order chi connectivity index (χ1) is 12.7. The van der Waals surface area contributed by atoms with Gasteiger partial charge in [-0.05, 0) is 36.1 Å². The van der Waals surface area contributed by atoms with Crippen molar-refractivity contribution in [1.82, 2.24) is 0 Å². The summed E-state index contributed by atoms with van der Waals surface area (Å²) in [4.78, 5) is 11.8. The summed E-state index contributed by atoms with van der Waals surface area (Å²) in [6, 6.07) is 4.71. The molecule has 0 saturated carbocycles. The lowest BCUT2D eigenvalue weighted by atomic mass is 9.95. The molecule has 0 amide bonds. The van der Waals surface area contributed by atoms with E-state index >= 15 is 0 Å². The largest absolute Gasteiger partial charge is 0.483 e. The number of halogens is 4. The highest BCUT2D eigenvalue weighted by molar-refractivity contribution is 5.82. The molecule has 0 aliphatic rings. The number of ether oxygens (including phenoxy) is 1. The Morgan fingerprint density at radius 3 is 2.22 bits per heavy atom. The summed E-state index contributed by atoms with van der Waals surface area (Å²) >= 11 is 0. The van der Waals surface area contributed by atoms with E-state index in [2.05, 4.69) is 0 Å². The van der Waals surface area contributed by atoms with Gasteiger partial charge in [0.05, 0.1) is 0 Å². The minimum atomic E-state index is -1.64. The van der Waals surface area contributed by atoms with Crippen LogP contribution >= 0.6 is 0 Å². The lowest BCUT2D eigenvalue weighted by Crippen LogP contribution is -2.08. The average molecular weight is 380 g/mol. The van der Waals surface area contributed by atoms with Crippen molar-refractivity contribution in [3.05, 3.63) is 74.6 Å². The molecular formula is C20H16F4O3. The van der Waals surface area contributed by atoms with Crippen molar-refractivity contribution in [2.75, 3.05) is 0 Å². The highest BCUT2D eigenvalue weighted by Gasteiger charge is 2.21. The lowest BCUT2D eigenvalue weighted by Gasteiger charge is -2.14. The van der Waals surface area contributed by atoms with Crippen LogP contribution in [0.15, 0.2) is 33.5 Å². The highest BCUT2D eigenvalue weighted by atomic mass is 19.2. The van der Waals surface area contributed by atoms with Crippen molar-refractivity contribution in [3.8, 4) is 5.75 Å². The Morgan fingerprint density at radius 2 is 1.63 bits per heavy atom. The maximum Gasteiger partial charge on any atom is 0.336 e. The monoisotopic (exact) mass is 380 g/mol. The van der Waals surface area contributed by atoms with E-state index < -0.39 is 41.3 Å². The van der Waals surface area contributed by atoms with E-state index in [9.17, 15) is 22.4 Å². The maximum atomic E-state index is 13.8. The van der Waals surface area contributed by atoms with Crippen LogP contribution in [0.25, 0.3) is 11.0 Å². The molecule has 0 atom stereocenters. The molecule has 1 aromatic heterocycles. The molecule has 27 heavy (non-hydrogen) atoms. The summed E-state index contributed by atoms with van der Waals surface area (Å²) in [5.41, 5.74) is 1.81. The lowest BCUT2D eigenvalue weighted by molar-refractivity contribution is 0.262. The van der Waals surface area contributed by atoms with Gasteiger partial charge < -0.3 is 9.15 Å². The second-order valence-corrected chi connectivity index (χ2v) is 6.54. The highest BCUT2D eigenvalue weighted by Crippen LogP contribution is 2.30. The third-order valence-electron chi connectivity index (χ3n) is 4.28. The Balaban J connectivity index is 2.08. The van der Waals surface area contributed by atoms with Gasteiger partial charge in [-0.25, -0.2) is 13.6 Å². The van der Waals surface area contributed by atoms with Crippen LogP contribution in [0.2, 0.25) is 0 Å². The van der Waals surface area contributed by atoms with Gasteiger partial charge in [-0.2, -0.15) is 8.78 Å². The van der Waals surface area contributed by atoms with E-state index in [1.54, 1.807) is 12.1 Å². The molecule has 142 valence electrons. The van der Waals surface area contributed by atoms with Gasteiger partial charge in [0.15, 0.2) is 17.4 Å². The Hall–Kier alpha value is -2.83. The predicted molar refractivity (Wildman–Crippen MR) is 91.9 cm³/mol. The van der Waals surface area contributed by atoms with Gasteiger partial charge in [0.25, 0.3) is 0 Å². The Labute approximate surface area is 152 Å². The fourth-order valence-corrected chi connectivity index (χ4v) is 2.96. The van der Waals surface area contributed by atoms with E-state index in [1.807, 2.05) is 20.8 Å². The predicted octanol–water partition coefficient (Wildman–Crippen LogP) is 5.36. The van der Waals surface area contributed by atoms with Crippen LogP contribution < -0.4 is 10.4 Å². The molecule has 2 aromatic carbocycles. The van der Waals surface area contributed by atoms with Crippen molar-refractivity contribution < 1.29 is 26.7 Å². The van der Waals surface area contributed by atoms with Crippen molar-refractivity contribution in [2.24, 2.45) is 0 Å². The number of benzene rings is 2. The van der Waals surface area contributed by atoms with Gasteiger partial charge in [-0.15, -0.1) is 0 Å². The maximum absolute atomic E-state index is 13.8. The summed E-state index contributed by atoms with van der Waals surface area (Å²) in [5, 5.41) is 0.515. The molecule has 0 radical (unpaired) electrons. The first-order valence-corrected chi connectivity index (χ1v) is 8.22. The average Bonchev–Trinajstić information content (AvgIpc) is 2.58. The van der Waals surface area contributed by atoms with Crippen LogP contribution in [-0.2, 0) is 6.61 Å². The van der Waals surface area contributed by atoms with Gasteiger partial charge in [0.2, 0.25) is 11.6 Å². The topological polar surface area (TPSA) is 39.4 Å². The smallest absolute Gasteiger partial charge is 0.336 e. The SMILES string of the molecule is Cc1cc2oc(=O)cc(COc3c(F)c(F)cc(F)c3F)c2cc1C(C)C. The van der Waals surface area contributed by atoms with Crippen LogP contribution in [-0.4, -0.2) is 0 Å². The molecule has 0 spiro atoms. The van der Waals surface area contributed by atoms with Crippen LogP contribution in [0.1, 0.15) is 36.5 Å². The number of rotatable bonds is 4. The third kappa shape index (κ3) is 3.54. The van der Waals surface area contributed by atoms with Crippen molar-refractivity contribution in [1.29, 1.82) is 0 Å². The molecule has 0 fully saturated rings.